The van der Waals surface area contributed by atoms with Crippen LogP contribution in [0.3, 0.4) is 0 Å². The van der Waals surface area contributed by atoms with Crippen molar-refractivity contribution in [1.82, 2.24) is 10.2 Å². The van der Waals surface area contributed by atoms with Crippen molar-refractivity contribution in [3.8, 4) is 0 Å². The van der Waals surface area contributed by atoms with Crippen LogP contribution in [0.1, 0.15) is 44.1 Å². The molecule has 1 unspecified atom stereocenters. The first-order valence-corrected chi connectivity index (χ1v) is 9.46. The SMILES string of the molecule is NCC1(NC(=O)C2CCCN(C(=O)Cc3ccccc3)C2)CCCC1. The molecule has 1 aromatic carbocycles. The molecule has 2 amide bonds. The lowest BCUT2D eigenvalue weighted by atomic mass is 9.92. The van der Waals surface area contributed by atoms with E-state index in [1.165, 1.54) is 0 Å². The van der Waals surface area contributed by atoms with Crippen LogP contribution in [0.2, 0.25) is 0 Å². The molecule has 1 saturated carbocycles. The van der Waals surface area contributed by atoms with E-state index < -0.39 is 0 Å². The van der Waals surface area contributed by atoms with Crippen LogP contribution in [-0.2, 0) is 16.0 Å². The summed E-state index contributed by atoms with van der Waals surface area (Å²) < 4.78 is 0. The monoisotopic (exact) mass is 343 g/mol. The number of nitrogens with one attached hydrogen (secondary N) is 1. The Morgan fingerprint density at radius 1 is 1.16 bits per heavy atom. The molecule has 0 spiro atoms. The molecule has 136 valence electrons. The van der Waals surface area contributed by atoms with Gasteiger partial charge < -0.3 is 16.0 Å². The summed E-state index contributed by atoms with van der Waals surface area (Å²) in [6.07, 6.45) is 6.34. The smallest absolute Gasteiger partial charge is 0.227 e. The molecule has 1 aliphatic carbocycles. The average molecular weight is 343 g/mol. The highest BCUT2D eigenvalue weighted by molar-refractivity contribution is 5.82. The Morgan fingerprint density at radius 3 is 2.56 bits per heavy atom. The standard InChI is InChI=1S/C20H29N3O2/c21-15-20(10-4-5-11-20)22-19(25)17-9-6-12-23(14-17)18(24)13-16-7-2-1-3-8-16/h1-3,7-8,17H,4-6,9-15,21H2,(H,22,25). The van der Waals surface area contributed by atoms with Crippen LogP contribution in [0.25, 0.3) is 0 Å². The third-order valence-electron chi connectivity index (χ3n) is 5.68. The minimum Gasteiger partial charge on any atom is -0.349 e. The highest BCUT2D eigenvalue weighted by Gasteiger charge is 2.37. The van der Waals surface area contributed by atoms with E-state index in [1.54, 1.807) is 0 Å². The third-order valence-corrected chi connectivity index (χ3v) is 5.68. The van der Waals surface area contributed by atoms with Gasteiger partial charge in [0.15, 0.2) is 0 Å². The molecule has 2 fully saturated rings. The fourth-order valence-corrected chi connectivity index (χ4v) is 4.10. The van der Waals surface area contributed by atoms with E-state index >= 15 is 0 Å². The van der Waals surface area contributed by atoms with Gasteiger partial charge >= 0.3 is 0 Å². The molecule has 0 radical (unpaired) electrons. The number of rotatable bonds is 5. The van der Waals surface area contributed by atoms with Crippen LogP contribution < -0.4 is 11.1 Å². The van der Waals surface area contributed by atoms with E-state index in [4.69, 9.17) is 5.73 Å². The van der Waals surface area contributed by atoms with Crippen molar-refractivity contribution in [3.63, 3.8) is 0 Å². The highest BCUT2D eigenvalue weighted by Crippen LogP contribution is 2.29. The van der Waals surface area contributed by atoms with Crippen LogP contribution >= 0.6 is 0 Å². The van der Waals surface area contributed by atoms with E-state index in [2.05, 4.69) is 5.32 Å². The molecule has 1 atom stereocenters. The zero-order valence-corrected chi connectivity index (χ0v) is 14.9. The van der Waals surface area contributed by atoms with E-state index in [-0.39, 0.29) is 23.3 Å². The number of amides is 2. The van der Waals surface area contributed by atoms with Crippen LogP contribution in [-0.4, -0.2) is 41.9 Å². The molecule has 5 heteroatoms. The summed E-state index contributed by atoms with van der Waals surface area (Å²) in [6, 6.07) is 9.78. The van der Waals surface area contributed by atoms with Crippen molar-refractivity contribution < 1.29 is 9.59 Å². The van der Waals surface area contributed by atoms with Crippen molar-refractivity contribution in [2.75, 3.05) is 19.6 Å². The predicted molar refractivity (Wildman–Crippen MR) is 97.8 cm³/mol. The summed E-state index contributed by atoms with van der Waals surface area (Å²) in [6.45, 7) is 1.78. The number of carbonyl (C=O) groups is 2. The topological polar surface area (TPSA) is 75.4 Å². The maximum Gasteiger partial charge on any atom is 0.227 e. The Kier molecular flexibility index (Phi) is 5.74. The molecular formula is C20H29N3O2. The number of nitrogens with two attached hydrogens (primary N) is 1. The van der Waals surface area contributed by atoms with Crippen LogP contribution in [0.5, 0.6) is 0 Å². The number of carbonyl (C=O) groups excluding carboxylic acids is 2. The van der Waals surface area contributed by atoms with Crippen LogP contribution in [0, 0.1) is 5.92 Å². The molecule has 3 rings (SSSR count). The summed E-state index contributed by atoms with van der Waals surface area (Å²) in [4.78, 5) is 27.2. The van der Waals surface area contributed by atoms with Crippen molar-refractivity contribution >= 4 is 11.8 Å². The number of likely N-dealkylation sites (tertiary alicyclic amines) is 1. The number of benzene rings is 1. The Hall–Kier alpha value is -1.88. The van der Waals surface area contributed by atoms with Crippen molar-refractivity contribution in [1.29, 1.82) is 0 Å². The number of hydrogen-bond donors (Lipinski definition) is 2. The lowest BCUT2D eigenvalue weighted by Gasteiger charge is -2.35. The van der Waals surface area contributed by atoms with Gasteiger partial charge in [-0.15, -0.1) is 0 Å². The van der Waals surface area contributed by atoms with Crippen LogP contribution in [0.4, 0.5) is 0 Å². The number of nitrogens with zero attached hydrogens (tertiary/aromatic N) is 1. The molecule has 1 saturated heterocycles. The third kappa shape index (κ3) is 4.40. The fourth-order valence-electron chi connectivity index (χ4n) is 4.10. The van der Waals surface area contributed by atoms with Gasteiger partial charge in [0.2, 0.25) is 11.8 Å². The minimum atomic E-state index is -0.215. The largest absolute Gasteiger partial charge is 0.349 e. The van der Waals surface area contributed by atoms with Gasteiger partial charge in [-0.1, -0.05) is 43.2 Å². The Balaban J connectivity index is 1.57. The number of hydrogen-bond acceptors (Lipinski definition) is 3. The molecule has 1 heterocycles. The molecule has 25 heavy (non-hydrogen) atoms. The van der Waals surface area contributed by atoms with E-state index in [1.807, 2.05) is 35.2 Å². The summed E-state index contributed by atoms with van der Waals surface area (Å²) in [5, 5.41) is 3.22. The zero-order chi connectivity index (χ0) is 17.7. The molecule has 2 aliphatic rings. The van der Waals surface area contributed by atoms with Crippen molar-refractivity contribution in [2.24, 2.45) is 11.7 Å². The summed E-state index contributed by atoms with van der Waals surface area (Å²) in [5.41, 5.74) is 6.73. The lowest BCUT2D eigenvalue weighted by Crippen LogP contribution is -2.55. The minimum absolute atomic E-state index is 0.0737. The molecule has 5 nitrogen and oxygen atoms in total. The predicted octanol–water partition coefficient (Wildman–Crippen LogP) is 1.86. The quantitative estimate of drug-likeness (QED) is 0.857. The Bertz CT molecular complexity index is 596. The second-order valence-corrected chi connectivity index (χ2v) is 7.52. The highest BCUT2D eigenvalue weighted by atomic mass is 16.2. The summed E-state index contributed by atoms with van der Waals surface area (Å²) in [5.74, 6) is 0.0696. The summed E-state index contributed by atoms with van der Waals surface area (Å²) >= 11 is 0. The van der Waals surface area contributed by atoms with Gasteiger partial charge in [-0.25, -0.2) is 0 Å². The zero-order valence-electron chi connectivity index (χ0n) is 14.9. The van der Waals surface area contributed by atoms with E-state index in [0.29, 0.717) is 19.5 Å². The molecule has 1 aliphatic heterocycles. The second kappa shape index (κ2) is 8.00. The molecular weight excluding hydrogens is 314 g/mol. The van der Waals surface area contributed by atoms with Gasteiger partial charge in [0.05, 0.1) is 17.9 Å². The first-order valence-electron chi connectivity index (χ1n) is 9.46. The van der Waals surface area contributed by atoms with Gasteiger partial charge in [0, 0.05) is 19.6 Å². The Morgan fingerprint density at radius 2 is 1.88 bits per heavy atom. The fraction of sp³-hybridized carbons (Fsp3) is 0.600. The molecule has 0 aromatic heterocycles. The van der Waals surface area contributed by atoms with E-state index in [9.17, 15) is 9.59 Å². The van der Waals surface area contributed by atoms with Gasteiger partial charge in [-0.05, 0) is 31.2 Å². The van der Waals surface area contributed by atoms with Gasteiger partial charge in [0.1, 0.15) is 0 Å². The van der Waals surface area contributed by atoms with E-state index in [0.717, 1.165) is 50.6 Å². The van der Waals surface area contributed by atoms with Gasteiger partial charge in [-0.3, -0.25) is 9.59 Å². The van der Waals surface area contributed by atoms with Crippen molar-refractivity contribution in [3.05, 3.63) is 35.9 Å². The average Bonchev–Trinajstić information content (AvgIpc) is 3.11. The lowest BCUT2D eigenvalue weighted by molar-refractivity contribution is -0.135. The Labute approximate surface area is 150 Å². The second-order valence-electron chi connectivity index (χ2n) is 7.52. The number of piperidine rings is 1. The maximum atomic E-state index is 12.7. The van der Waals surface area contributed by atoms with Gasteiger partial charge in [-0.2, -0.15) is 0 Å². The van der Waals surface area contributed by atoms with Crippen LogP contribution in [0.15, 0.2) is 30.3 Å². The van der Waals surface area contributed by atoms with Gasteiger partial charge in [0.25, 0.3) is 0 Å². The maximum absolute atomic E-state index is 12.7. The normalized spacial score (nSPS) is 22.6. The first kappa shape index (κ1) is 17.9. The van der Waals surface area contributed by atoms with Crippen molar-refractivity contribution in [2.45, 2.75) is 50.5 Å². The molecule has 3 N–H and O–H groups in total. The first-order chi connectivity index (χ1) is 12.1. The molecule has 0 bridgehead atoms. The molecule has 1 aromatic rings. The summed E-state index contributed by atoms with van der Waals surface area (Å²) in [7, 11) is 0.